The van der Waals surface area contributed by atoms with Crippen molar-refractivity contribution in [3.05, 3.63) is 47.7 Å². The van der Waals surface area contributed by atoms with Crippen LogP contribution in [0.15, 0.2) is 34.9 Å². The van der Waals surface area contributed by atoms with E-state index >= 15 is 0 Å². The highest BCUT2D eigenvalue weighted by Gasteiger charge is 2.17. The molecule has 1 fully saturated rings. The topological polar surface area (TPSA) is 86.4 Å². The third-order valence-electron chi connectivity index (χ3n) is 4.29. The van der Waals surface area contributed by atoms with Crippen molar-refractivity contribution in [1.29, 1.82) is 0 Å². The number of halogens is 1. The van der Waals surface area contributed by atoms with Crippen LogP contribution in [0.5, 0.6) is 5.88 Å². The maximum absolute atomic E-state index is 13.4. The SMILES string of the molecule is CCc1cc(OCc2nc(-c3cccc(F)c3)no2)nc(N2CCOCC2)n1. The molecule has 1 saturated heterocycles. The van der Waals surface area contributed by atoms with Crippen LogP contribution in [0.2, 0.25) is 0 Å². The van der Waals surface area contributed by atoms with Gasteiger partial charge in [0.15, 0.2) is 6.61 Å². The normalized spacial score (nSPS) is 14.3. The van der Waals surface area contributed by atoms with Crippen molar-refractivity contribution >= 4 is 5.95 Å². The second-order valence-electron chi connectivity index (χ2n) is 6.26. The molecule has 8 nitrogen and oxygen atoms in total. The van der Waals surface area contributed by atoms with E-state index in [0.29, 0.717) is 36.4 Å². The van der Waals surface area contributed by atoms with E-state index in [1.165, 1.54) is 12.1 Å². The van der Waals surface area contributed by atoms with E-state index in [1.807, 2.05) is 6.92 Å². The summed E-state index contributed by atoms with van der Waals surface area (Å²) in [7, 11) is 0. The van der Waals surface area contributed by atoms with Gasteiger partial charge in [-0.1, -0.05) is 24.2 Å². The fourth-order valence-electron chi connectivity index (χ4n) is 2.81. The van der Waals surface area contributed by atoms with E-state index < -0.39 is 0 Å². The van der Waals surface area contributed by atoms with Gasteiger partial charge in [-0.2, -0.15) is 9.97 Å². The maximum Gasteiger partial charge on any atom is 0.264 e. The Hall–Kier alpha value is -3.07. The van der Waals surface area contributed by atoms with Gasteiger partial charge < -0.3 is 18.9 Å². The van der Waals surface area contributed by atoms with E-state index in [0.717, 1.165) is 25.2 Å². The molecule has 0 saturated carbocycles. The molecule has 0 amide bonds. The Balaban J connectivity index is 1.47. The van der Waals surface area contributed by atoms with Crippen molar-refractivity contribution in [3.63, 3.8) is 0 Å². The van der Waals surface area contributed by atoms with Gasteiger partial charge in [-0.15, -0.1) is 0 Å². The Morgan fingerprint density at radius 2 is 2.00 bits per heavy atom. The Kier molecular flexibility index (Phi) is 5.43. The van der Waals surface area contributed by atoms with Crippen molar-refractivity contribution < 1.29 is 18.4 Å². The van der Waals surface area contributed by atoms with Crippen LogP contribution in [0.25, 0.3) is 11.4 Å². The summed E-state index contributed by atoms with van der Waals surface area (Å²) < 4.78 is 29.7. The average molecular weight is 385 g/mol. The number of hydrogen-bond donors (Lipinski definition) is 0. The minimum absolute atomic E-state index is 0.0606. The van der Waals surface area contributed by atoms with Crippen molar-refractivity contribution in [1.82, 2.24) is 20.1 Å². The summed E-state index contributed by atoms with van der Waals surface area (Å²) in [4.78, 5) is 15.4. The lowest BCUT2D eigenvalue weighted by atomic mass is 10.2. The molecule has 1 aliphatic rings. The second kappa shape index (κ2) is 8.30. The highest BCUT2D eigenvalue weighted by Crippen LogP contribution is 2.20. The fraction of sp³-hybridized carbons (Fsp3) is 0.368. The summed E-state index contributed by atoms with van der Waals surface area (Å²) in [5, 5.41) is 3.88. The van der Waals surface area contributed by atoms with E-state index in [4.69, 9.17) is 14.0 Å². The van der Waals surface area contributed by atoms with Crippen molar-refractivity contribution in [3.8, 4) is 17.3 Å². The van der Waals surface area contributed by atoms with Crippen LogP contribution in [0.4, 0.5) is 10.3 Å². The zero-order chi connectivity index (χ0) is 19.3. The third kappa shape index (κ3) is 4.25. The van der Waals surface area contributed by atoms with E-state index in [1.54, 1.807) is 18.2 Å². The minimum atomic E-state index is -0.358. The van der Waals surface area contributed by atoms with Crippen molar-refractivity contribution in [2.24, 2.45) is 0 Å². The molecule has 9 heteroatoms. The largest absolute Gasteiger partial charge is 0.467 e. The molecule has 2 aromatic heterocycles. The van der Waals surface area contributed by atoms with Crippen molar-refractivity contribution in [2.75, 3.05) is 31.2 Å². The number of aryl methyl sites for hydroxylation is 1. The molecule has 0 atom stereocenters. The van der Waals surface area contributed by atoms with Crippen LogP contribution in [0.1, 0.15) is 18.5 Å². The van der Waals surface area contributed by atoms with Gasteiger partial charge in [-0.05, 0) is 18.6 Å². The molecule has 146 valence electrons. The highest BCUT2D eigenvalue weighted by molar-refractivity contribution is 5.53. The first-order chi connectivity index (χ1) is 13.7. The van der Waals surface area contributed by atoms with Crippen LogP contribution in [0.3, 0.4) is 0 Å². The van der Waals surface area contributed by atoms with Gasteiger partial charge in [0, 0.05) is 30.4 Å². The third-order valence-corrected chi connectivity index (χ3v) is 4.29. The fourth-order valence-corrected chi connectivity index (χ4v) is 2.81. The molecule has 4 rings (SSSR count). The molecule has 0 aliphatic carbocycles. The van der Waals surface area contributed by atoms with Gasteiger partial charge in [-0.3, -0.25) is 0 Å². The summed E-state index contributed by atoms with van der Waals surface area (Å²) in [5.74, 6) is 1.30. The summed E-state index contributed by atoms with van der Waals surface area (Å²) in [6, 6.07) is 7.82. The highest BCUT2D eigenvalue weighted by atomic mass is 19.1. The van der Waals surface area contributed by atoms with Gasteiger partial charge >= 0.3 is 0 Å². The number of aromatic nitrogens is 4. The molecular formula is C19H20FN5O3. The molecular weight excluding hydrogens is 365 g/mol. The summed E-state index contributed by atoms with van der Waals surface area (Å²) >= 11 is 0. The summed E-state index contributed by atoms with van der Waals surface area (Å²) in [6.07, 6.45) is 0.764. The van der Waals surface area contributed by atoms with Gasteiger partial charge in [0.1, 0.15) is 5.82 Å². The van der Waals surface area contributed by atoms with E-state index in [9.17, 15) is 4.39 Å². The van der Waals surface area contributed by atoms with Crippen LogP contribution >= 0.6 is 0 Å². The predicted octanol–water partition coefficient (Wildman–Crippen LogP) is 2.64. The van der Waals surface area contributed by atoms with Gasteiger partial charge in [0.05, 0.1) is 13.2 Å². The second-order valence-corrected chi connectivity index (χ2v) is 6.26. The molecule has 1 aliphatic heterocycles. The number of benzene rings is 1. The molecule has 3 heterocycles. The van der Waals surface area contributed by atoms with Gasteiger partial charge in [0.2, 0.25) is 17.7 Å². The number of nitrogens with zero attached hydrogens (tertiary/aromatic N) is 5. The first-order valence-corrected chi connectivity index (χ1v) is 9.13. The van der Waals surface area contributed by atoms with Gasteiger partial charge in [0.25, 0.3) is 5.89 Å². The summed E-state index contributed by atoms with van der Waals surface area (Å²) in [6.45, 7) is 4.88. The summed E-state index contributed by atoms with van der Waals surface area (Å²) in [5.41, 5.74) is 1.43. The number of rotatable bonds is 6. The molecule has 0 bridgehead atoms. The Morgan fingerprint density at radius 1 is 1.14 bits per heavy atom. The predicted molar refractivity (Wildman–Crippen MR) is 98.5 cm³/mol. The number of anilines is 1. The minimum Gasteiger partial charge on any atom is -0.467 e. The molecule has 0 radical (unpaired) electrons. The molecule has 0 unspecified atom stereocenters. The van der Waals surface area contributed by atoms with Gasteiger partial charge in [-0.25, -0.2) is 9.37 Å². The monoisotopic (exact) mass is 385 g/mol. The average Bonchev–Trinajstić information content (AvgIpc) is 3.22. The number of ether oxygens (including phenoxy) is 2. The van der Waals surface area contributed by atoms with E-state index in [-0.39, 0.29) is 18.3 Å². The molecule has 28 heavy (non-hydrogen) atoms. The maximum atomic E-state index is 13.4. The first-order valence-electron chi connectivity index (χ1n) is 9.13. The van der Waals surface area contributed by atoms with Crippen LogP contribution in [-0.4, -0.2) is 46.4 Å². The zero-order valence-electron chi connectivity index (χ0n) is 15.5. The lowest BCUT2D eigenvalue weighted by Crippen LogP contribution is -2.37. The Bertz CT molecular complexity index is 943. The molecule has 3 aromatic rings. The van der Waals surface area contributed by atoms with Crippen LogP contribution < -0.4 is 9.64 Å². The van der Waals surface area contributed by atoms with Crippen LogP contribution in [0, 0.1) is 5.82 Å². The number of morpholine rings is 1. The smallest absolute Gasteiger partial charge is 0.264 e. The van der Waals surface area contributed by atoms with Crippen molar-refractivity contribution in [2.45, 2.75) is 20.0 Å². The standard InChI is InChI=1S/C19H20FN5O3/c1-2-15-11-16(23-19(21-15)25-6-8-26-9-7-25)27-12-17-22-18(24-28-17)13-4-3-5-14(20)10-13/h3-5,10-11H,2,6-9,12H2,1H3. The van der Waals surface area contributed by atoms with Crippen LogP contribution in [-0.2, 0) is 17.8 Å². The molecule has 0 N–H and O–H groups in total. The molecule has 0 spiro atoms. The lowest BCUT2D eigenvalue weighted by molar-refractivity contribution is 0.122. The zero-order valence-corrected chi connectivity index (χ0v) is 15.5. The Labute approximate surface area is 161 Å². The Morgan fingerprint density at radius 3 is 2.79 bits per heavy atom. The van der Waals surface area contributed by atoms with E-state index in [2.05, 4.69) is 25.0 Å². The lowest BCUT2D eigenvalue weighted by Gasteiger charge is -2.27. The first kappa shape index (κ1) is 18.3. The molecule has 1 aromatic carbocycles. The quantitative estimate of drug-likeness (QED) is 0.640. The number of hydrogen-bond acceptors (Lipinski definition) is 8.